The standard InChI is InChI=1S/C21H28N4O3/c1-20(2,3)28-19(27)25-11-14-15(12-25)17(14)18(26)23-21(4,5)13-6-8-24-9-7-22-16(24)10-13/h6-10,14-15,17H,11-12H2,1-5H3,(H,23,26)/t14-,15+,17?. The zero-order valence-electron chi connectivity index (χ0n) is 17.1. The van der Waals surface area contributed by atoms with Crippen LogP contribution in [0.15, 0.2) is 30.7 Å². The summed E-state index contributed by atoms with van der Waals surface area (Å²) in [6, 6.07) is 4.01. The molecule has 150 valence electrons. The van der Waals surface area contributed by atoms with E-state index in [-0.39, 0.29) is 29.8 Å². The topological polar surface area (TPSA) is 75.9 Å². The van der Waals surface area contributed by atoms with Gasteiger partial charge in [0.15, 0.2) is 0 Å². The van der Waals surface area contributed by atoms with Crippen LogP contribution < -0.4 is 5.32 Å². The van der Waals surface area contributed by atoms with Gasteiger partial charge in [0.25, 0.3) is 0 Å². The van der Waals surface area contributed by atoms with Crippen LogP contribution in [0.25, 0.3) is 5.65 Å². The Labute approximate surface area is 165 Å². The maximum absolute atomic E-state index is 12.9. The first-order valence-electron chi connectivity index (χ1n) is 9.78. The molecule has 0 spiro atoms. The van der Waals surface area contributed by atoms with Gasteiger partial charge in [0.05, 0.1) is 5.54 Å². The van der Waals surface area contributed by atoms with E-state index < -0.39 is 11.1 Å². The molecule has 1 aliphatic heterocycles. The van der Waals surface area contributed by atoms with Gasteiger partial charge in [-0.3, -0.25) is 4.79 Å². The van der Waals surface area contributed by atoms with Crippen molar-refractivity contribution in [1.82, 2.24) is 19.6 Å². The average Bonchev–Trinajstić information content (AvgIpc) is 2.96. The highest BCUT2D eigenvalue weighted by Gasteiger charge is 2.61. The highest BCUT2D eigenvalue weighted by Crippen LogP contribution is 2.52. The largest absolute Gasteiger partial charge is 0.444 e. The number of carbonyl (C=O) groups excluding carboxylic acids is 2. The second kappa shape index (κ2) is 6.22. The second-order valence-electron chi connectivity index (χ2n) is 9.46. The molecular formula is C21H28N4O3. The number of hydrogen-bond donors (Lipinski definition) is 1. The van der Waals surface area contributed by atoms with Crippen molar-refractivity contribution in [2.24, 2.45) is 17.8 Å². The number of nitrogens with one attached hydrogen (secondary N) is 1. The molecule has 1 N–H and O–H groups in total. The molecule has 7 nitrogen and oxygen atoms in total. The smallest absolute Gasteiger partial charge is 0.410 e. The fraction of sp³-hybridized carbons (Fsp3) is 0.571. The van der Waals surface area contributed by atoms with E-state index in [4.69, 9.17) is 4.74 Å². The minimum atomic E-state index is -0.499. The van der Waals surface area contributed by atoms with Crippen LogP contribution in [0.5, 0.6) is 0 Å². The number of likely N-dealkylation sites (tertiary alicyclic amines) is 1. The average molecular weight is 384 g/mol. The number of imidazole rings is 1. The van der Waals surface area contributed by atoms with Crippen molar-refractivity contribution in [3.05, 3.63) is 36.3 Å². The minimum Gasteiger partial charge on any atom is -0.444 e. The molecular weight excluding hydrogens is 356 g/mol. The van der Waals surface area contributed by atoms with Gasteiger partial charge in [-0.15, -0.1) is 0 Å². The first-order chi connectivity index (χ1) is 13.0. The van der Waals surface area contributed by atoms with Crippen molar-refractivity contribution >= 4 is 17.6 Å². The van der Waals surface area contributed by atoms with Gasteiger partial charge >= 0.3 is 6.09 Å². The predicted molar refractivity (Wildman–Crippen MR) is 105 cm³/mol. The van der Waals surface area contributed by atoms with Gasteiger partial charge < -0.3 is 19.4 Å². The molecule has 7 heteroatoms. The first-order valence-corrected chi connectivity index (χ1v) is 9.78. The van der Waals surface area contributed by atoms with Crippen molar-refractivity contribution in [2.75, 3.05) is 13.1 Å². The third-order valence-corrected chi connectivity index (χ3v) is 5.70. The molecule has 3 heterocycles. The Morgan fingerprint density at radius 1 is 1.14 bits per heavy atom. The lowest BCUT2D eigenvalue weighted by molar-refractivity contribution is -0.125. The number of nitrogens with zero attached hydrogens (tertiary/aromatic N) is 3. The predicted octanol–water partition coefficient (Wildman–Crippen LogP) is 2.80. The van der Waals surface area contributed by atoms with Crippen LogP contribution in [0.3, 0.4) is 0 Å². The lowest BCUT2D eigenvalue weighted by atomic mass is 9.94. The SMILES string of the molecule is CC(C)(C)OC(=O)N1C[C@@H]2C(C(=O)NC(C)(C)c3ccn4ccnc4c3)[C@@H]2C1. The normalized spacial score (nSPS) is 24.2. The number of pyridine rings is 1. The number of piperidine rings is 1. The summed E-state index contributed by atoms with van der Waals surface area (Å²) in [6.07, 6.45) is 5.32. The van der Waals surface area contributed by atoms with E-state index in [1.165, 1.54) is 0 Å². The molecule has 1 saturated carbocycles. The van der Waals surface area contributed by atoms with Gasteiger partial charge in [-0.25, -0.2) is 9.78 Å². The molecule has 2 aliphatic rings. The van der Waals surface area contributed by atoms with Gasteiger partial charge in [0, 0.05) is 37.6 Å². The summed E-state index contributed by atoms with van der Waals surface area (Å²) in [5.74, 6) is 0.511. The fourth-order valence-electron chi connectivity index (χ4n) is 4.15. The number of ether oxygens (including phenoxy) is 1. The van der Waals surface area contributed by atoms with E-state index >= 15 is 0 Å². The summed E-state index contributed by atoms with van der Waals surface area (Å²) < 4.78 is 7.37. The molecule has 1 aliphatic carbocycles. The lowest BCUT2D eigenvalue weighted by Crippen LogP contribution is -2.44. The van der Waals surface area contributed by atoms with Crippen LogP contribution in [0.2, 0.25) is 0 Å². The van der Waals surface area contributed by atoms with Crippen molar-refractivity contribution in [3.63, 3.8) is 0 Å². The molecule has 2 amide bonds. The Balaban J connectivity index is 1.36. The van der Waals surface area contributed by atoms with Crippen LogP contribution in [0.1, 0.15) is 40.2 Å². The lowest BCUT2D eigenvalue weighted by Gasteiger charge is -2.28. The molecule has 1 saturated heterocycles. The van der Waals surface area contributed by atoms with E-state index in [2.05, 4.69) is 10.3 Å². The highest BCUT2D eigenvalue weighted by molar-refractivity contribution is 5.84. The van der Waals surface area contributed by atoms with Crippen LogP contribution in [-0.4, -0.2) is 45.0 Å². The van der Waals surface area contributed by atoms with Gasteiger partial charge in [0.1, 0.15) is 11.2 Å². The van der Waals surface area contributed by atoms with Crippen molar-refractivity contribution in [2.45, 2.75) is 45.8 Å². The quantitative estimate of drug-likeness (QED) is 0.883. The van der Waals surface area contributed by atoms with Crippen molar-refractivity contribution < 1.29 is 14.3 Å². The van der Waals surface area contributed by atoms with Crippen LogP contribution in [-0.2, 0) is 15.1 Å². The molecule has 2 fully saturated rings. The van der Waals surface area contributed by atoms with E-state index in [0.29, 0.717) is 13.1 Å². The Hall–Kier alpha value is -2.57. The molecule has 28 heavy (non-hydrogen) atoms. The Morgan fingerprint density at radius 3 is 2.46 bits per heavy atom. The number of amides is 2. The monoisotopic (exact) mass is 384 g/mol. The molecule has 4 rings (SSSR count). The maximum Gasteiger partial charge on any atom is 0.410 e. The summed E-state index contributed by atoms with van der Waals surface area (Å²) in [5, 5.41) is 3.19. The fourth-order valence-corrected chi connectivity index (χ4v) is 4.15. The zero-order valence-corrected chi connectivity index (χ0v) is 17.1. The summed E-state index contributed by atoms with van der Waals surface area (Å²) >= 11 is 0. The Bertz CT molecular complexity index is 915. The second-order valence-corrected chi connectivity index (χ2v) is 9.46. The molecule has 3 atom stereocenters. The van der Waals surface area contributed by atoms with Crippen LogP contribution in [0, 0.1) is 17.8 Å². The van der Waals surface area contributed by atoms with E-state index in [1.54, 1.807) is 11.1 Å². The summed E-state index contributed by atoms with van der Waals surface area (Å²) in [6.45, 7) is 10.8. The van der Waals surface area contributed by atoms with Crippen molar-refractivity contribution in [1.29, 1.82) is 0 Å². The third-order valence-electron chi connectivity index (χ3n) is 5.70. The van der Waals surface area contributed by atoms with Crippen LogP contribution >= 0.6 is 0 Å². The zero-order chi connectivity index (χ0) is 20.3. The maximum atomic E-state index is 12.9. The summed E-state index contributed by atoms with van der Waals surface area (Å²) in [5.41, 5.74) is 0.879. The summed E-state index contributed by atoms with van der Waals surface area (Å²) in [7, 11) is 0. The van der Waals surface area contributed by atoms with Gasteiger partial charge in [-0.1, -0.05) is 0 Å². The number of fused-ring (bicyclic) bond motifs is 2. The number of carbonyl (C=O) groups is 2. The Kier molecular flexibility index (Phi) is 4.17. The molecule has 2 aromatic rings. The highest BCUT2D eigenvalue weighted by atomic mass is 16.6. The molecule has 0 aromatic carbocycles. The van der Waals surface area contributed by atoms with Crippen LogP contribution in [0.4, 0.5) is 4.79 Å². The number of rotatable bonds is 3. The van der Waals surface area contributed by atoms with E-state index in [1.807, 2.05) is 63.5 Å². The molecule has 2 aromatic heterocycles. The number of hydrogen-bond acceptors (Lipinski definition) is 4. The Morgan fingerprint density at radius 2 is 1.82 bits per heavy atom. The van der Waals surface area contributed by atoms with E-state index in [0.717, 1.165) is 11.2 Å². The van der Waals surface area contributed by atoms with E-state index in [9.17, 15) is 9.59 Å². The molecule has 1 unspecified atom stereocenters. The molecule has 0 radical (unpaired) electrons. The van der Waals surface area contributed by atoms with Gasteiger partial charge in [-0.2, -0.15) is 0 Å². The summed E-state index contributed by atoms with van der Waals surface area (Å²) in [4.78, 5) is 31.1. The minimum absolute atomic E-state index is 0.0203. The van der Waals surface area contributed by atoms with Gasteiger partial charge in [-0.05, 0) is 64.2 Å². The van der Waals surface area contributed by atoms with Gasteiger partial charge in [0.2, 0.25) is 5.91 Å². The van der Waals surface area contributed by atoms with Crippen molar-refractivity contribution in [3.8, 4) is 0 Å². The third kappa shape index (κ3) is 3.45. The molecule has 0 bridgehead atoms. The number of aromatic nitrogens is 2. The first kappa shape index (κ1) is 18.8.